The molecule has 0 fully saturated rings. The minimum absolute atomic E-state index is 0.462. The van der Waals surface area contributed by atoms with Crippen molar-refractivity contribution in [1.82, 2.24) is 14.8 Å². The monoisotopic (exact) mass is 170 g/mol. The van der Waals surface area contributed by atoms with Crippen molar-refractivity contribution < 1.29 is 5.11 Å². The van der Waals surface area contributed by atoms with Gasteiger partial charge in [0.1, 0.15) is 5.82 Å². The first kappa shape index (κ1) is 9.15. The van der Waals surface area contributed by atoms with E-state index in [2.05, 4.69) is 10.2 Å². The van der Waals surface area contributed by atoms with Crippen molar-refractivity contribution in [3.05, 3.63) is 11.6 Å². The van der Waals surface area contributed by atoms with Crippen molar-refractivity contribution in [3.63, 3.8) is 0 Å². The van der Waals surface area contributed by atoms with E-state index in [9.17, 15) is 5.11 Å². The van der Waals surface area contributed by atoms with Crippen molar-refractivity contribution in [2.24, 2.45) is 12.8 Å². The molecule has 0 saturated heterocycles. The average Bonchev–Trinajstić information content (AvgIpc) is 2.32. The van der Waals surface area contributed by atoms with E-state index in [1.54, 1.807) is 11.5 Å². The van der Waals surface area contributed by atoms with E-state index in [1.165, 1.54) is 0 Å². The second kappa shape index (κ2) is 3.20. The molecule has 0 aliphatic carbocycles. The molecule has 0 aromatic carbocycles. The lowest BCUT2D eigenvalue weighted by Crippen LogP contribution is -2.26. The van der Waals surface area contributed by atoms with Gasteiger partial charge < -0.3 is 15.4 Å². The summed E-state index contributed by atoms with van der Waals surface area (Å²) in [6.45, 7) is 3.47. The van der Waals surface area contributed by atoms with Crippen LogP contribution in [0.15, 0.2) is 0 Å². The summed E-state index contributed by atoms with van der Waals surface area (Å²) in [4.78, 5) is 0. The van der Waals surface area contributed by atoms with Crippen LogP contribution in [0.1, 0.15) is 24.6 Å². The average molecular weight is 170 g/mol. The zero-order valence-corrected chi connectivity index (χ0v) is 7.52. The van der Waals surface area contributed by atoms with Crippen LogP contribution >= 0.6 is 0 Å². The Balaban J connectivity index is 2.95. The molecule has 1 aromatic heterocycles. The maximum Gasteiger partial charge on any atom is 0.152 e. The quantitative estimate of drug-likeness (QED) is 0.627. The maximum absolute atomic E-state index is 9.20. The molecule has 68 valence electrons. The first-order valence-corrected chi connectivity index (χ1v) is 3.83. The van der Waals surface area contributed by atoms with Gasteiger partial charge in [-0.1, -0.05) is 0 Å². The van der Waals surface area contributed by atoms with E-state index < -0.39 is 12.1 Å². The van der Waals surface area contributed by atoms with Crippen LogP contribution in [0.25, 0.3) is 0 Å². The smallest absolute Gasteiger partial charge is 0.152 e. The molecule has 0 radical (unpaired) electrons. The molecule has 1 aromatic rings. The van der Waals surface area contributed by atoms with E-state index in [4.69, 9.17) is 5.73 Å². The van der Waals surface area contributed by atoms with E-state index in [0.717, 1.165) is 5.82 Å². The third-order valence-corrected chi connectivity index (χ3v) is 1.94. The normalized spacial score (nSPS) is 16.1. The van der Waals surface area contributed by atoms with Gasteiger partial charge in [0, 0.05) is 7.05 Å². The Hall–Kier alpha value is -0.940. The van der Waals surface area contributed by atoms with Crippen molar-refractivity contribution >= 4 is 0 Å². The molecule has 12 heavy (non-hydrogen) atoms. The number of nitrogens with two attached hydrogens (primary N) is 1. The Kier molecular flexibility index (Phi) is 2.44. The third-order valence-electron chi connectivity index (χ3n) is 1.94. The Morgan fingerprint density at radius 3 is 2.42 bits per heavy atom. The topological polar surface area (TPSA) is 77.0 Å². The van der Waals surface area contributed by atoms with Gasteiger partial charge >= 0.3 is 0 Å². The standard InChI is InChI=1S/C7H14N4O/c1-4(12)6(8)7-10-9-5(2)11(7)3/h4,6,12H,8H2,1-3H3. The number of rotatable bonds is 2. The zero-order valence-electron chi connectivity index (χ0n) is 7.52. The Labute approximate surface area is 71.2 Å². The lowest BCUT2D eigenvalue weighted by atomic mass is 10.2. The largest absolute Gasteiger partial charge is 0.391 e. The molecule has 5 nitrogen and oxygen atoms in total. The summed E-state index contributed by atoms with van der Waals surface area (Å²) in [6, 6.07) is -0.462. The highest BCUT2D eigenvalue weighted by atomic mass is 16.3. The Bertz CT molecular complexity index is 268. The van der Waals surface area contributed by atoms with Gasteiger partial charge in [0.05, 0.1) is 12.1 Å². The fourth-order valence-electron chi connectivity index (χ4n) is 0.930. The SMILES string of the molecule is Cc1nnc(C(N)C(C)O)n1C. The van der Waals surface area contributed by atoms with Gasteiger partial charge in [0.15, 0.2) is 5.82 Å². The van der Waals surface area contributed by atoms with Crippen molar-refractivity contribution in [3.8, 4) is 0 Å². The van der Waals surface area contributed by atoms with Gasteiger partial charge in [-0.15, -0.1) is 10.2 Å². The minimum atomic E-state index is -0.604. The second-order valence-corrected chi connectivity index (χ2v) is 2.93. The highest BCUT2D eigenvalue weighted by Gasteiger charge is 2.18. The molecular formula is C7H14N4O. The molecule has 0 bridgehead atoms. The van der Waals surface area contributed by atoms with E-state index in [-0.39, 0.29) is 0 Å². The van der Waals surface area contributed by atoms with E-state index >= 15 is 0 Å². The summed E-state index contributed by atoms with van der Waals surface area (Å²) in [5.74, 6) is 1.41. The molecule has 2 atom stereocenters. The van der Waals surface area contributed by atoms with Gasteiger partial charge in [-0.25, -0.2) is 0 Å². The van der Waals surface area contributed by atoms with Crippen LogP contribution in [-0.4, -0.2) is 26.0 Å². The molecule has 5 heteroatoms. The number of aliphatic hydroxyl groups excluding tert-OH is 1. The fraction of sp³-hybridized carbons (Fsp3) is 0.714. The summed E-state index contributed by atoms with van der Waals surface area (Å²) in [5, 5.41) is 16.9. The highest BCUT2D eigenvalue weighted by molar-refractivity contribution is 4.99. The summed E-state index contributed by atoms with van der Waals surface area (Å²) in [7, 11) is 1.83. The van der Waals surface area contributed by atoms with Crippen LogP contribution < -0.4 is 5.73 Å². The number of hydrogen-bond donors (Lipinski definition) is 2. The van der Waals surface area contributed by atoms with Crippen LogP contribution in [0, 0.1) is 6.92 Å². The predicted octanol–water partition coefficient (Wildman–Crippen LogP) is -0.496. The number of hydrogen-bond acceptors (Lipinski definition) is 4. The lowest BCUT2D eigenvalue weighted by molar-refractivity contribution is 0.159. The molecule has 2 unspecified atom stereocenters. The molecule has 0 saturated carbocycles. The molecule has 0 amide bonds. The number of aromatic nitrogens is 3. The first-order valence-electron chi connectivity index (χ1n) is 3.83. The Morgan fingerprint density at radius 1 is 1.50 bits per heavy atom. The molecule has 1 heterocycles. The molecule has 0 aliphatic rings. The molecule has 3 N–H and O–H groups in total. The van der Waals surface area contributed by atoms with Crippen molar-refractivity contribution in [1.29, 1.82) is 0 Å². The van der Waals surface area contributed by atoms with Crippen molar-refractivity contribution in [2.45, 2.75) is 26.0 Å². The Morgan fingerprint density at radius 2 is 2.08 bits per heavy atom. The second-order valence-electron chi connectivity index (χ2n) is 2.93. The van der Waals surface area contributed by atoms with Gasteiger partial charge in [-0.3, -0.25) is 0 Å². The van der Waals surface area contributed by atoms with Crippen LogP contribution in [0.2, 0.25) is 0 Å². The van der Waals surface area contributed by atoms with Gasteiger partial charge in [0.2, 0.25) is 0 Å². The molecule has 0 aliphatic heterocycles. The fourth-order valence-corrected chi connectivity index (χ4v) is 0.930. The highest BCUT2D eigenvalue weighted by Crippen LogP contribution is 2.10. The molecular weight excluding hydrogens is 156 g/mol. The summed E-state index contributed by atoms with van der Waals surface area (Å²) in [6.07, 6.45) is -0.604. The number of aliphatic hydroxyl groups is 1. The summed E-state index contributed by atoms with van der Waals surface area (Å²) < 4.78 is 1.78. The predicted molar refractivity (Wildman–Crippen MR) is 44.3 cm³/mol. The van der Waals surface area contributed by atoms with Gasteiger partial charge in [0.25, 0.3) is 0 Å². The third kappa shape index (κ3) is 1.46. The first-order chi connectivity index (χ1) is 5.54. The van der Waals surface area contributed by atoms with Crippen LogP contribution in [0.5, 0.6) is 0 Å². The number of aryl methyl sites for hydroxylation is 1. The lowest BCUT2D eigenvalue weighted by Gasteiger charge is -2.13. The minimum Gasteiger partial charge on any atom is -0.391 e. The van der Waals surface area contributed by atoms with Crippen LogP contribution in [0.3, 0.4) is 0 Å². The number of nitrogens with zero attached hydrogens (tertiary/aromatic N) is 3. The summed E-state index contributed by atoms with van der Waals surface area (Å²) >= 11 is 0. The molecule has 1 rings (SSSR count). The van der Waals surface area contributed by atoms with Crippen molar-refractivity contribution in [2.75, 3.05) is 0 Å². The van der Waals surface area contributed by atoms with E-state index in [1.807, 2.05) is 14.0 Å². The van der Waals surface area contributed by atoms with Gasteiger partial charge in [-0.2, -0.15) is 0 Å². The molecule has 0 spiro atoms. The summed E-state index contributed by atoms with van der Waals surface area (Å²) in [5.41, 5.74) is 5.68. The maximum atomic E-state index is 9.20. The van der Waals surface area contributed by atoms with E-state index in [0.29, 0.717) is 5.82 Å². The van der Waals surface area contributed by atoms with Crippen LogP contribution in [-0.2, 0) is 7.05 Å². The van der Waals surface area contributed by atoms with Crippen LogP contribution in [0.4, 0.5) is 0 Å². The van der Waals surface area contributed by atoms with Gasteiger partial charge in [-0.05, 0) is 13.8 Å². The zero-order chi connectivity index (χ0) is 9.30.